The molecule has 0 fully saturated rings. The van der Waals surface area contributed by atoms with E-state index in [1.807, 2.05) is 37.3 Å². The van der Waals surface area contributed by atoms with E-state index in [1.54, 1.807) is 6.20 Å². The zero-order valence-corrected chi connectivity index (χ0v) is 11.9. The third-order valence-corrected chi connectivity index (χ3v) is 2.68. The van der Waals surface area contributed by atoms with E-state index in [1.165, 1.54) is 0 Å². The van der Waals surface area contributed by atoms with Crippen LogP contribution in [0.15, 0.2) is 41.6 Å². The molecular formula is C14H16ClN3O2. The van der Waals surface area contributed by atoms with Gasteiger partial charge in [0.15, 0.2) is 0 Å². The zero-order valence-electron chi connectivity index (χ0n) is 11.0. The van der Waals surface area contributed by atoms with Crippen molar-refractivity contribution in [3.63, 3.8) is 0 Å². The van der Waals surface area contributed by atoms with Gasteiger partial charge in [0.25, 0.3) is 0 Å². The Morgan fingerprint density at radius 1 is 1.35 bits per heavy atom. The van der Waals surface area contributed by atoms with E-state index in [0.29, 0.717) is 12.1 Å². The van der Waals surface area contributed by atoms with Crippen LogP contribution < -0.4 is 5.43 Å². The van der Waals surface area contributed by atoms with Crippen LogP contribution in [0.4, 0.5) is 5.69 Å². The number of halogens is 1. The van der Waals surface area contributed by atoms with Crippen molar-refractivity contribution in [3.05, 3.63) is 36.5 Å². The molecule has 6 heteroatoms. The number of aliphatic carboxylic acids is 1. The van der Waals surface area contributed by atoms with Crippen LogP contribution in [0.1, 0.15) is 19.8 Å². The van der Waals surface area contributed by atoms with Gasteiger partial charge in [-0.15, -0.1) is 12.4 Å². The molecule has 1 heterocycles. The molecule has 2 N–H and O–H groups in total. The molecule has 0 unspecified atom stereocenters. The minimum Gasteiger partial charge on any atom is -0.477 e. The van der Waals surface area contributed by atoms with Crippen molar-refractivity contribution < 1.29 is 9.90 Å². The zero-order chi connectivity index (χ0) is 13.7. The van der Waals surface area contributed by atoms with Crippen molar-refractivity contribution in [2.75, 3.05) is 5.43 Å². The van der Waals surface area contributed by atoms with Gasteiger partial charge in [0.1, 0.15) is 5.71 Å². The lowest BCUT2D eigenvalue weighted by atomic mass is 10.2. The number of pyridine rings is 1. The minimum absolute atomic E-state index is 0. The summed E-state index contributed by atoms with van der Waals surface area (Å²) in [5.74, 6) is -0.998. The van der Waals surface area contributed by atoms with E-state index < -0.39 is 5.97 Å². The summed E-state index contributed by atoms with van der Waals surface area (Å²) < 4.78 is 0. The lowest BCUT2D eigenvalue weighted by molar-refractivity contribution is -0.129. The molecular weight excluding hydrogens is 278 g/mol. The van der Waals surface area contributed by atoms with Crippen molar-refractivity contribution in [2.45, 2.75) is 19.8 Å². The Morgan fingerprint density at radius 3 is 2.80 bits per heavy atom. The molecule has 0 atom stereocenters. The maximum absolute atomic E-state index is 11.0. The van der Waals surface area contributed by atoms with Crippen molar-refractivity contribution in [1.29, 1.82) is 0 Å². The Balaban J connectivity index is 0.00000200. The third-order valence-electron chi connectivity index (χ3n) is 2.68. The fourth-order valence-corrected chi connectivity index (χ4v) is 1.77. The van der Waals surface area contributed by atoms with Crippen LogP contribution >= 0.6 is 12.4 Å². The number of para-hydroxylation sites is 1. The highest BCUT2D eigenvalue weighted by atomic mass is 35.5. The molecule has 20 heavy (non-hydrogen) atoms. The van der Waals surface area contributed by atoms with Crippen LogP contribution in [-0.4, -0.2) is 21.8 Å². The highest BCUT2D eigenvalue weighted by Gasteiger charge is 2.08. The second-order valence-electron chi connectivity index (χ2n) is 4.11. The highest BCUT2D eigenvalue weighted by molar-refractivity contribution is 6.35. The normalized spacial score (nSPS) is 10.9. The average molecular weight is 294 g/mol. The molecule has 2 aromatic rings. The number of anilines is 1. The molecule has 0 aliphatic carbocycles. The number of carboxylic acid groups (broad SMARTS) is 1. The Morgan fingerprint density at radius 2 is 2.10 bits per heavy atom. The Labute approximate surface area is 123 Å². The fraction of sp³-hybridized carbons (Fsp3) is 0.214. The minimum atomic E-state index is -0.998. The molecule has 5 nitrogen and oxygen atoms in total. The number of aromatic nitrogens is 1. The number of carboxylic acids is 1. The first kappa shape index (κ1) is 15.9. The maximum Gasteiger partial charge on any atom is 0.352 e. The first-order chi connectivity index (χ1) is 9.22. The topological polar surface area (TPSA) is 74.6 Å². The van der Waals surface area contributed by atoms with Crippen LogP contribution in [0.5, 0.6) is 0 Å². The third kappa shape index (κ3) is 3.68. The van der Waals surface area contributed by atoms with Crippen LogP contribution in [0.25, 0.3) is 10.9 Å². The molecule has 0 bridgehead atoms. The van der Waals surface area contributed by atoms with Crippen molar-refractivity contribution in [3.8, 4) is 0 Å². The molecule has 0 aliphatic rings. The second-order valence-corrected chi connectivity index (χ2v) is 4.11. The summed E-state index contributed by atoms with van der Waals surface area (Å²) in [5, 5.41) is 14.0. The van der Waals surface area contributed by atoms with Gasteiger partial charge in [0, 0.05) is 11.6 Å². The van der Waals surface area contributed by atoms with Crippen molar-refractivity contribution in [2.24, 2.45) is 5.10 Å². The quantitative estimate of drug-likeness (QED) is 0.655. The van der Waals surface area contributed by atoms with E-state index >= 15 is 0 Å². The largest absolute Gasteiger partial charge is 0.477 e. The predicted molar refractivity (Wildman–Crippen MR) is 82.6 cm³/mol. The van der Waals surface area contributed by atoms with Gasteiger partial charge in [0.2, 0.25) is 0 Å². The molecule has 106 valence electrons. The first-order valence-corrected chi connectivity index (χ1v) is 6.12. The van der Waals surface area contributed by atoms with Crippen molar-refractivity contribution >= 4 is 40.7 Å². The summed E-state index contributed by atoms with van der Waals surface area (Å²) in [6, 6.07) is 9.45. The number of hydrazone groups is 1. The molecule has 0 saturated carbocycles. The van der Waals surface area contributed by atoms with Gasteiger partial charge in [-0.05, 0) is 18.6 Å². The van der Waals surface area contributed by atoms with E-state index in [2.05, 4.69) is 15.5 Å². The number of rotatable bonds is 5. The molecule has 2 rings (SSSR count). The van der Waals surface area contributed by atoms with Crippen molar-refractivity contribution in [1.82, 2.24) is 4.98 Å². The van der Waals surface area contributed by atoms with Crippen LogP contribution in [0.3, 0.4) is 0 Å². The standard InChI is InChI=1S/C14H15N3O2.ClH/c1-2-5-12(14(18)19)17-16-11-8-3-6-10-7-4-9-15-13(10)11;/h3-4,6-9,16H,2,5H2,1H3,(H,18,19);1H/b17-12+;. The van der Waals surface area contributed by atoms with Crippen LogP contribution in [0.2, 0.25) is 0 Å². The summed E-state index contributed by atoms with van der Waals surface area (Å²) in [6.45, 7) is 1.91. The Hall–Kier alpha value is -2.14. The Kier molecular flexibility index (Phi) is 5.93. The predicted octanol–water partition coefficient (Wildman–Crippen LogP) is 3.31. The monoisotopic (exact) mass is 293 g/mol. The molecule has 0 spiro atoms. The Bertz CT molecular complexity index is 623. The van der Waals surface area contributed by atoms with E-state index in [9.17, 15) is 4.79 Å². The average Bonchev–Trinajstić information content (AvgIpc) is 2.43. The van der Waals surface area contributed by atoms with Gasteiger partial charge in [-0.1, -0.05) is 31.5 Å². The first-order valence-electron chi connectivity index (χ1n) is 6.12. The molecule has 1 aromatic heterocycles. The van der Waals surface area contributed by atoms with E-state index in [4.69, 9.17) is 5.11 Å². The summed E-state index contributed by atoms with van der Waals surface area (Å²) in [5.41, 5.74) is 4.39. The lowest BCUT2D eigenvalue weighted by Crippen LogP contribution is -2.14. The van der Waals surface area contributed by atoms with Gasteiger partial charge in [-0.3, -0.25) is 10.4 Å². The van der Waals surface area contributed by atoms with Gasteiger partial charge >= 0.3 is 5.97 Å². The molecule has 0 saturated heterocycles. The number of nitrogens with zero attached hydrogens (tertiary/aromatic N) is 2. The summed E-state index contributed by atoms with van der Waals surface area (Å²) in [6.07, 6.45) is 2.86. The summed E-state index contributed by atoms with van der Waals surface area (Å²) in [4.78, 5) is 15.3. The SMILES string of the molecule is CCC/C(=N\Nc1cccc2cccnc12)C(=O)O.Cl. The van der Waals surface area contributed by atoms with Gasteiger partial charge in [-0.2, -0.15) is 5.10 Å². The van der Waals surface area contributed by atoms with Gasteiger partial charge in [-0.25, -0.2) is 4.79 Å². The number of carbonyl (C=O) groups is 1. The molecule has 0 amide bonds. The molecule has 1 aromatic carbocycles. The highest BCUT2D eigenvalue weighted by Crippen LogP contribution is 2.20. The number of benzene rings is 1. The number of fused-ring (bicyclic) bond motifs is 1. The number of hydrogen-bond acceptors (Lipinski definition) is 4. The van der Waals surface area contributed by atoms with Crippen LogP contribution in [-0.2, 0) is 4.79 Å². The smallest absolute Gasteiger partial charge is 0.352 e. The maximum atomic E-state index is 11.0. The summed E-state index contributed by atoms with van der Waals surface area (Å²) >= 11 is 0. The van der Waals surface area contributed by atoms with E-state index in [-0.39, 0.29) is 18.1 Å². The summed E-state index contributed by atoms with van der Waals surface area (Å²) in [7, 11) is 0. The van der Waals surface area contributed by atoms with Crippen LogP contribution in [0, 0.1) is 0 Å². The molecule has 0 radical (unpaired) electrons. The fourth-order valence-electron chi connectivity index (χ4n) is 1.77. The molecule has 0 aliphatic heterocycles. The van der Waals surface area contributed by atoms with Gasteiger partial charge < -0.3 is 5.11 Å². The van der Waals surface area contributed by atoms with E-state index in [0.717, 1.165) is 17.3 Å². The van der Waals surface area contributed by atoms with Gasteiger partial charge in [0.05, 0.1) is 11.2 Å². The number of nitrogens with one attached hydrogen (secondary N) is 1. The second kappa shape index (κ2) is 7.45. The lowest BCUT2D eigenvalue weighted by Gasteiger charge is -2.05. The number of hydrogen-bond donors (Lipinski definition) is 2.